The van der Waals surface area contributed by atoms with Crippen LogP contribution in [0.4, 0.5) is 0 Å². The van der Waals surface area contributed by atoms with Gasteiger partial charge in [0.15, 0.2) is 0 Å². The normalized spacial score (nSPS) is 22.1. The van der Waals surface area contributed by atoms with Gasteiger partial charge in [0.2, 0.25) is 0 Å². The first-order chi connectivity index (χ1) is 13.1. The number of carbonyl (C=O) groups excluding carboxylic acids is 2. The third-order valence-corrected chi connectivity index (χ3v) is 5.60. The molecule has 0 spiro atoms. The summed E-state index contributed by atoms with van der Waals surface area (Å²) in [7, 11) is 1.65. The van der Waals surface area contributed by atoms with E-state index in [1.165, 1.54) is 10.5 Å². The lowest BCUT2D eigenvalue weighted by atomic mass is 9.89. The Balaban J connectivity index is 1.48. The number of carbonyl (C=O) groups is 2. The van der Waals surface area contributed by atoms with Crippen molar-refractivity contribution >= 4 is 23.4 Å². The zero-order valence-corrected chi connectivity index (χ0v) is 15.8. The molecule has 0 saturated carbocycles. The molecule has 1 fully saturated rings. The summed E-state index contributed by atoms with van der Waals surface area (Å²) in [6.45, 7) is 0.777. The van der Waals surface area contributed by atoms with Gasteiger partial charge in [-0.1, -0.05) is 23.7 Å². The van der Waals surface area contributed by atoms with Crippen LogP contribution < -0.4 is 10.1 Å². The molecule has 2 heterocycles. The Kier molecular flexibility index (Phi) is 4.89. The van der Waals surface area contributed by atoms with E-state index in [1.54, 1.807) is 25.3 Å². The summed E-state index contributed by atoms with van der Waals surface area (Å²) < 4.78 is 5.21. The number of methoxy groups -OCH3 is 1. The molecule has 0 aromatic heterocycles. The van der Waals surface area contributed by atoms with Crippen molar-refractivity contribution in [2.45, 2.75) is 25.4 Å². The maximum atomic E-state index is 12.8. The van der Waals surface area contributed by atoms with Gasteiger partial charge in [-0.25, -0.2) is 0 Å². The van der Waals surface area contributed by atoms with E-state index in [4.69, 9.17) is 16.3 Å². The third-order valence-electron chi connectivity index (χ3n) is 5.36. The van der Waals surface area contributed by atoms with E-state index in [2.05, 4.69) is 17.4 Å². The number of piperidine rings is 1. The van der Waals surface area contributed by atoms with Crippen LogP contribution in [0.1, 0.15) is 39.1 Å². The highest BCUT2D eigenvalue weighted by atomic mass is 35.5. The molecule has 5 nitrogen and oxygen atoms in total. The first-order valence-corrected chi connectivity index (χ1v) is 9.48. The number of rotatable bonds is 4. The molecule has 0 bridgehead atoms. The number of fused-ring (bicyclic) bond motifs is 1. The van der Waals surface area contributed by atoms with Gasteiger partial charge in [0, 0.05) is 5.02 Å². The van der Waals surface area contributed by atoms with Crippen LogP contribution in [0, 0.1) is 5.92 Å². The van der Waals surface area contributed by atoms with Crippen molar-refractivity contribution < 1.29 is 14.3 Å². The molecule has 4 rings (SSSR count). The monoisotopic (exact) mass is 384 g/mol. The van der Waals surface area contributed by atoms with E-state index in [-0.39, 0.29) is 18.0 Å². The smallest absolute Gasteiger partial charge is 0.262 e. The van der Waals surface area contributed by atoms with Crippen LogP contribution in [0.3, 0.4) is 0 Å². The molecule has 2 aliphatic heterocycles. The lowest BCUT2D eigenvalue weighted by molar-refractivity contribution is 0.0491. The van der Waals surface area contributed by atoms with Gasteiger partial charge >= 0.3 is 0 Å². The number of benzene rings is 2. The van der Waals surface area contributed by atoms with E-state index in [0.717, 1.165) is 31.6 Å². The predicted octanol–water partition coefficient (Wildman–Crippen LogP) is 3.51. The molecule has 2 aromatic rings. The van der Waals surface area contributed by atoms with Crippen LogP contribution in [0.5, 0.6) is 5.75 Å². The van der Waals surface area contributed by atoms with Crippen molar-refractivity contribution in [1.82, 2.24) is 10.2 Å². The molecule has 27 heavy (non-hydrogen) atoms. The molecule has 1 saturated heterocycles. The van der Waals surface area contributed by atoms with E-state index < -0.39 is 0 Å². The Labute approximate surface area is 163 Å². The highest BCUT2D eigenvalue weighted by molar-refractivity contribution is 6.32. The van der Waals surface area contributed by atoms with Crippen LogP contribution in [-0.2, 0) is 6.42 Å². The molecule has 1 N–H and O–H groups in total. The molecule has 2 atom stereocenters. The number of hydrogen-bond acceptors (Lipinski definition) is 4. The zero-order chi connectivity index (χ0) is 19.0. The molecule has 0 aliphatic carbocycles. The van der Waals surface area contributed by atoms with Crippen molar-refractivity contribution in [2.24, 2.45) is 5.92 Å². The average molecular weight is 385 g/mol. The highest BCUT2D eigenvalue weighted by Gasteiger charge is 2.41. The molecule has 2 unspecified atom stereocenters. The van der Waals surface area contributed by atoms with Gasteiger partial charge < -0.3 is 4.74 Å². The molecule has 2 amide bonds. The molecular formula is C21H21ClN2O3. The summed E-state index contributed by atoms with van der Waals surface area (Å²) >= 11 is 6.00. The lowest BCUT2D eigenvalue weighted by Crippen LogP contribution is -2.52. The van der Waals surface area contributed by atoms with E-state index in [0.29, 0.717) is 22.1 Å². The minimum Gasteiger partial charge on any atom is -0.497 e. The van der Waals surface area contributed by atoms with E-state index >= 15 is 0 Å². The Morgan fingerprint density at radius 3 is 2.59 bits per heavy atom. The minimum atomic E-state index is -0.284. The fourth-order valence-corrected chi connectivity index (χ4v) is 4.13. The van der Waals surface area contributed by atoms with Crippen LogP contribution in [-0.4, -0.2) is 36.5 Å². The van der Waals surface area contributed by atoms with Gasteiger partial charge in [-0.3, -0.25) is 19.8 Å². The van der Waals surface area contributed by atoms with Crippen molar-refractivity contribution in [3.63, 3.8) is 0 Å². The second-order valence-corrected chi connectivity index (χ2v) is 7.52. The summed E-state index contributed by atoms with van der Waals surface area (Å²) in [5.74, 6) is 0.735. The lowest BCUT2D eigenvalue weighted by Gasteiger charge is -2.35. The van der Waals surface area contributed by atoms with Gasteiger partial charge in [0.1, 0.15) is 5.75 Å². The fourth-order valence-electron chi connectivity index (χ4n) is 3.96. The number of nitrogens with zero attached hydrogens (tertiary/aromatic N) is 1. The van der Waals surface area contributed by atoms with Crippen LogP contribution in [0.25, 0.3) is 0 Å². The number of nitrogens with one attached hydrogen (secondary N) is 1. The summed E-state index contributed by atoms with van der Waals surface area (Å²) in [6.07, 6.45) is 2.38. The number of amides is 2. The fraction of sp³-hybridized carbons (Fsp3) is 0.333. The van der Waals surface area contributed by atoms with Crippen molar-refractivity contribution in [3.8, 4) is 5.75 Å². The standard InChI is InChI=1S/C21H21ClN2O3/c1-27-16-5-2-13(3-6-16)10-14-8-9-23-19(11-14)24-20(25)17-7-4-15(22)12-18(17)21(24)26/h2-7,12,14,19,23H,8-11H2,1H3. The second kappa shape index (κ2) is 7.33. The summed E-state index contributed by atoms with van der Waals surface area (Å²) in [5, 5.41) is 3.80. The van der Waals surface area contributed by atoms with Gasteiger partial charge in [-0.15, -0.1) is 0 Å². The van der Waals surface area contributed by atoms with E-state index in [1.807, 2.05) is 12.1 Å². The van der Waals surface area contributed by atoms with Gasteiger partial charge in [0.25, 0.3) is 11.8 Å². The van der Waals surface area contributed by atoms with Crippen molar-refractivity contribution in [2.75, 3.05) is 13.7 Å². The maximum absolute atomic E-state index is 12.8. The number of ether oxygens (including phenoxy) is 1. The van der Waals surface area contributed by atoms with Crippen molar-refractivity contribution in [3.05, 3.63) is 64.2 Å². The summed E-state index contributed by atoms with van der Waals surface area (Å²) in [5.41, 5.74) is 2.06. The molecule has 140 valence electrons. The quantitative estimate of drug-likeness (QED) is 0.819. The van der Waals surface area contributed by atoms with Crippen LogP contribution >= 0.6 is 11.6 Å². The first-order valence-electron chi connectivity index (χ1n) is 9.10. The van der Waals surface area contributed by atoms with Gasteiger partial charge in [0.05, 0.1) is 24.4 Å². The summed E-state index contributed by atoms with van der Waals surface area (Å²) in [4.78, 5) is 26.9. The zero-order valence-electron chi connectivity index (χ0n) is 15.1. The SMILES string of the molecule is COc1ccc(CC2CCNC(N3C(=O)c4ccc(Cl)cc4C3=O)C2)cc1. The Morgan fingerprint density at radius 1 is 1.11 bits per heavy atom. The Hall–Kier alpha value is -2.37. The van der Waals surface area contributed by atoms with Crippen LogP contribution in [0.15, 0.2) is 42.5 Å². The molecule has 2 aromatic carbocycles. The number of hydrogen-bond donors (Lipinski definition) is 1. The predicted molar refractivity (Wildman–Crippen MR) is 103 cm³/mol. The number of halogens is 1. The maximum Gasteiger partial charge on any atom is 0.262 e. The average Bonchev–Trinajstić information content (AvgIpc) is 2.92. The molecule has 6 heteroatoms. The summed E-state index contributed by atoms with van der Waals surface area (Å²) in [6, 6.07) is 12.9. The largest absolute Gasteiger partial charge is 0.497 e. The number of imide groups is 1. The molecule has 0 radical (unpaired) electrons. The Morgan fingerprint density at radius 2 is 1.85 bits per heavy atom. The molecular weight excluding hydrogens is 364 g/mol. The van der Waals surface area contributed by atoms with Gasteiger partial charge in [-0.05, 0) is 67.6 Å². The topological polar surface area (TPSA) is 58.6 Å². The molecule has 2 aliphatic rings. The highest BCUT2D eigenvalue weighted by Crippen LogP contribution is 2.31. The van der Waals surface area contributed by atoms with E-state index in [9.17, 15) is 9.59 Å². The Bertz CT molecular complexity index is 881. The second-order valence-electron chi connectivity index (χ2n) is 7.08. The minimum absolute atomic E-state index is 0.241. The van der Waals surface area contributed by atoms with Crippen molar-refractivity contribution in [1.29, 1.82) is 0 Å². The van der Waals surface area contributed by atoms with Gasteiger partial charge in [-0.2, -0.15) is 0 Å². The third kappa shape index (κ3) is 3.45. The van der Waals surface area contributed by atoms with Crippen LogP contribution in [0.2, 0.25) is 5.02 Å². The first kappa shape index (κ1) is 18.0.